The first kappa shape index (κ1) is 17.6. The fourth-order valence-electron chi connectivity index (χ4n) is 3.08. The van der Waals surface area contributed by atoms with Crippen LogP contribution in [0.1, 0.15) is 17.3 Å². The van der Waals surface area contributed by atoms with Crippen molar-refractivity contribution >= 4 is 40.0 Å². The van der Waals surface area contributed by atoms with Crippen molar-refractivity contribution in [2.45, 2.75) is 6.92 Å². The van der Waals surface area contributed by atoms with Gasteiger partial charge in [-0.05, 0) is 24.6 Å². The van der Waals surface area contributed by atoms with Crippen LogP contribution < -0.4 is 5.43 Å². The van der Waals surface area contributed by atoms with Crippen molar-refractivity contribution in [2.24, 2.45) is 0 Å². The van der Waals surface area contributed by atoms with E-state index in [9.17, 15) is 14.7 Å². The summed E-state index contributed by atoms with van der Waals surface area (Å²) < 4.78 is 5.81. The summed E-state index contributed by atoms with van der Waals surface area (Å²) in [6, 6.07) is 12.9. The zero-order valence-corrected chi connectivity index (χ0v) is 15.6. The molecule has 0 saturated heterocycles. The third kappa shape index (κ3) is 2.97. The van der Waals surface area contributed by atoms with Crippen LogP contribution in [0.2, 0.25) is 10.0 Å². The van der Waals surface area contributed by atoms with Gasteiger partial charge in [-0.1, -0.05) is 47.5 Å². The minimum absolute atomic E-state index is 0.0358. The molecule has 1 N–H and O–H groups in total. The third-order valence-corrected chi connectivity index (χ3v) is 5.02. The largest absolute Gasteiger partial charge is 0.506 e. The molecule has 0 radical (unpaired) electrons. The first-order valence-electron chi connectivity index (χ1n) is 8.05. The molecule has 0 fully saturated rings. The Bertz CT molecular complexity index is 1240. The van der Waals surface area contributed by atoms with Crippen molar-refractivity contribution < 1.29 is 14.3 Å². The molecule has 1 aliphatic carbocycles. The van der Waals surface area contributed by atoms with E-state index < -0.39 is 0 Å². The predicted octanol–water partition coefficient (Wildman–Crippen LogP) is 5.78. The Morgan fingerprint density at radius 3 is 2.37 bits per heavy atom. The zero-order valence-electron chi connectivity index (χ0n) is 14.0. The molecule has 0 aromatic heterocycles. The van der Waals surface area contributed by atoms with Gasteiger partial charge in [0.15, 0.2) is 5.78 Å². The van der Waals surface area contributed by atoms with Crippen LogP contribution in [0.5, 0.6) is 5.75 Å². The van der Waals surface area contributed by atoms with Crippen LogP contribution in [0.3, 0.4) is 0 Å². The molecule has 134 valence electrons. The molecule has 2 aromatic carbocycles. The van der Waals surface area contributed by atoms with E-state index >= 15 is 0 Å². The van der Waals surface area contributed by atoms with Gasteiger partial charge < -0.3 is 9.52 Å². The highest BCUT2D eigenvalue weighted by Crippen LogP contribution is 2.43. The smallest absolute Gasteiger partial charge is 0.200 e. The maximum absolute atomic E-state index is 12.0. The molecule has 27 heavy (non-hydrogen) atoms. The second-order valence-electron chi connectivity index (χ2n) is 6.19. The highest BCUT2D eigenvalue weighted by molar-refractivity contribution is 6.33. The summed E-state index contributed by atoms with van der Waals surface area (Å²) in [4.78, 5) is 23.5. The van der Waals surface area contributed by atoms with Crippen molar-refractivity contribution in [2.75, 3.05) is 0 Å². The monoisotopic (exact) mass is 398 g/mol. The van der Waals surface area contributed by atoms with E-state index in [2.05, 4.69) is 0 Å². The van der Waals surface area contributed by atoms with Crippen LogP contribution in [0.4, 0.5) is 0 Å². The third-order valence-electron chi connectivity index (χ3n) is 4.42. The van der Waals surface area contributed by atoms with E-state index in [1.54, 1.807) is 24.3 Å². The number of hydrogen-bond acceptors (Lipinski definition) is 4. The van der Waals surface area contributed by atoms with E-state index in [4.69, 9.17) is 27.6 Å². The molecular weight excluding hydrogens is 387 g/mol. The van der Waals surface area contributed by atoms with E-state index in [0.717, 1.165) is 11.1 Å². The number of carbonyl (C=O) groups excluding carboxylic acids is 1. The molecule has 2 aliphatic rings. The molecule has 0 bridgehead atoms. The van der Waals surface area contributed by atoms with Crippen LogP contribution in [0, 0.1) is 0 Å². The van der Waals surface area contributed by atoms with Gasteiger partial charge in [-0.2, -0.15) is 0 Å². The fraction of sp³-hybridized carbons (Fsp3) is 0.0476. The van der Waals surface area contributed by atoms with Gasteiger partial charge >= 0.3 is 0 Å². The molecular formula is C21H12Cl2O4. The summed E-state index contributed by atoms with van der Waals surface area (Å²) in [7, 11) is 0. The zero-order chi connectivity index (χ0) is 19.3. The van der Waals surface area contributed by atoms with Gasteiger partial charge in [-0.3, -0.25) is 9.59 Å². The van der Waals surface area contributed by atoms with Gasteiger partial charge in [-0.25, -0.2) is 0 Å². The lowest BCUT2D eigenvalue weighted by atomic mass is 9.93. The number of benzene rings is 3. The van der Waals surface area contributed by atoms with Crippen molar-refractivity contribution in [3.05, 3.63) is 74.4 Å². The number of hydrogen-bond donors (Lipinski definition) is 1. The minimum atomic E-state index is -0.358. The number of ketones is 1. The van der Waals surface area contributed by atoms with Crippen molar-refractivity contribution in [3.8, 4) is 28.2 Å². The Hall–Kier alpha value is -2.82. The number of phenolic OH excluding ortho intramolecular Hbond substituents is 1. The van der Waals surface area contributed by atoms with Crippen LogP contribution in [-0.4, -0.2) is 10.9 Å². The summed E-state index contributed by atoms with van der Waals surface area (Å²) in [6.45, 7) is 1.50. The Balaban J connectivity index is 2.14. The topological polar surface area (TPSA) is 67.5 Å². The molecule has 0 saturated carbocycles. The summed E-state index contributed by atoms with van der Waals surface area (Å²) in [5.74, 6) is 0.178. The first-order valence-corrected chi connectivity index (χ1v) is 8.80. The van der Waals surface area contributed by atoms with E-state index in [0.29, 0.717) is 27.9 Å². The van der Waals surface area contributed by atoms with E-state index in [1.807, 2.05) is 12.1 Å². The van der Waals surface area contributed by atoms with Gasteiger partial charge in [0.1, 0.15) is 17.1 Å². The molecule has 6 heteroatoms. The molecule has 4 rings (SSSR count). The quantitative estimate of drug-likeness (QED) is 0.343. The Labute approximate surface area is 163 Å². The normalized spacial score (nSPS) is 11.2. The maximum Gasteiger partial charge on any atom is 0.200 e. The van der Waals surface area contributed by atoms with Crippen LogP contribution in [0.15, 0.2) is 57.7 Å². The van der Waals surface area contributed by atoms with Crippen LogP contribution in [-0.2, 0) is 0 Å². The van der Waals surface area contributed by atoms with Crippen molar-refractivity contribution in [3.63, 3.8) is 0 Å². The van der Waals surface area contributed by atoms with Gasteiger partial charge in [0.05, 0.1) is 10.0 Å². The minimum Gasteiger partial charge on any atom is -0.506 e. The highest BCUT2D eigenvalue weighted by atomic mass is 35.5. The molecule has 0 unspecified atom stereocenters. The molecule has 0 atom stereocenters. The fourth-order valence-corrected chi connectivity index (χ4v) is 3.41. The summed E-state index contributed by atoms with van der Waals surface area (Å²) in [5, 5.41) is 10.8. The highest BCUT2D eigenvalue weighted by Gasteiger charge is 2.20. The SMILES string of the molecule is CC(=O)c1ccc(-c2c3cc(Cl)c(=O)cc-3oc3cc(O)c(Cl)cc23)cc1. The number of aromatic hydroxyl groups is 1. The summed E-state index contributed by atoms with van der Waals surface area (Å²) in [5.41, 5.74) is 2.76. The van der Waals surface area contributed by atoms with E-state index in [1.165, 1.54) is 19.1 Å². The lowest BCUT2D eigenvalue weighted by Crippen LogP contribution is -2.02. The molecule has 1 aliphatic heterocycles. The Morgan fingerprint density at radius 1 is 1.00 bits per heavy atom. The molecule has 0 amide bonds. The van der Waals surface area contributed by atoms with Gasteiger partial charge in [0.25, 0.3) is 0 Å². The number of halogens is 2. The van der Waals surface area contributed by atoms with Crippen molar-refractivity contribution in [1.82, 2.24) is 0 Å². The summed E-state index contributed by atoms with van der Waals surface area (Å²) >= 11 is 12.2. The average molecular weight is 399 g/mol. The van der Waals surface area contributed by atoms with Gasteiger partial charge in [0.2, 0.25) is 5.43 Å². The maximum atomic E-state index is 12.0. The molecule has 0 spiro atoms. The number of Topliss-reactive ketones (excluding diaryl/α,β-unsaturated/α-hetero) is 1. The van der Waals surface area contributed by atoms with Gasteiger partial charge in [0, 0.05) is 34.2 Å². The number of fused-ring (bicyclic) bond motifs is 2. The molecule has 2 aromatic rings. The second-order valence-corrected chi connectivity index (χ2v) is 7.00. The number of rotatable bonds is 2. The van der Waals surface area contributed by atoms with Crippen LogP contribution >= 0.6 is 23.2 Å². The summed E-state index contributed by atoms with van der Waals surface area (Å²) in [6.07, 6.45) is 0. The second kappa shape index (κ2) is 6.41. The average Bonchev–Trinajstić information content (AvgIpc) is 2.63. The Kier molecular flexibility index (Phi) is 4.17. The van der Waals surface area contributed by atoms with Crippen molar-refractivity contribution in [1.29, 1.82) is 0 Å². The lowest BCUT2D eigenvalue weighted by Gasteiger charge is -2.16. The number of phenols is 1. The standard InChI is InChI=1S/C21H12Cl2O4/c1-10(24)11-2-4-12(5-3-11)21-13-6-15(22)17(25)8-19(13)27-20-9-18(26)16(23)7-14(20)21/h2-9,25H,1H3. The molecule has 1 heterocycles. The van der Waals surface area contributed by atoms with Crippen LogP contribution in [0.25, 0.3) is 33.4 Å². The lowest BCUT2D eigenvalue weighted by molar-refractivity contribution is 0.101. The first-order chi connectivity index (χ1) is 12.8. The predicted molar refractivity (Wildman–Crippen MR) is 106 cm³/mol. The Morgan fingerprint density at radius 2 is 1.70 bits per heavy atom. The number of carbonyl (C=O) groups is 1. The van der Waals surface area contributed by atoms with Gasteiger partial charge in [-0.15, -0.1) is 0 Å². The molecule has 4 nitrogen and oxygen atoms in total. The van der Waals surface area contributed by atoms with E-state index in [-0.39, 0.29) is 27.0 Å².